The molecule has 0 bridgehead atoms. The van der Waals surface area contributed by atoms with Gasteiger partial charge in [0.15, 0.2) is 0 Å². The highest BCUT2D eigenvalue weighted by Crippen LogP contribution is 2.29. The SMILES string of the molecule is COC(=O)C(c1ccc(F)cc1Cl)N1CCCNCC1. The van der Waals surface area contributed by atoms with Crippen molar-refractivity contribution in [2.24, 2.45) is 0 Å². The fourth-order valence-electron chi connectivity index (χ4n) is 2.43. The lowest BCUT2D eigenvalue weighted by molar-refractivity contribution is -0.147. The van der Waals surface area contributed by atoms with Crippen LogP contribution in [-0.4, -0.2) is 44.2 Å². The van der Waals surface area contributed by atoms with E-state index >= 15 is 0 Å². The lowest BCUT2D eigenvalue weighted by Gasteiger charge is -2.29. The molecule has 1 saturated heterocycles. The summed E-state index contributed by atoms with van der Waals surface area (Å²) in [5.41, 5.74) is 0.585. The number of nitrogens with one attached hydrogen (secondary N) is 1. The molecular weight excluding hydrogens is 283 g/mol. The number of carbonyl (C=O) groups excluding carboxylic acids is 1. The molecule has 0 aliphatic carbocycles. The van der Waals surface area contributed by atoms with E-state index in [2.05, 4.69) is 5.32 Å². The van der Waals surface area contributed by atoms with Gasteiger partial charge in [0.05, 0.1) is 7.11 Å². The van der Waals surface area contributed by atoms with E-state index < -0.39 is 11.9 Å². The first kappa shape index (κ1) is 15.2. The number of nitrogens with zero attached hydrogens (tertiary/aromatic N) is 1. The molecule has 1 aliphatic heterocycles. The molecule has 1 aromatic carbocycles. The van der Waals surface area contributed by atoms with Gasteiger partial charge in [-0.2, -0.15) is 0 Å². The zero-order valence-electron chi connectivity index (χ0n) is 11.4. The second-order valence-electron chi connectivity index (χ2n) is 4.73. The van der Waals surface area contributed by atoms with E-state index in [1.165, 1.54) is 19.2 Å². The van der Waals surface area contributed by atoms with Crippen LogP contribution in [0, 0.1) is 5.82 Å². The third-order valence-electron chi connectivity index (χ3n) is 3.42. The lowest BCUT2D eigenvalue weighted by atomic mass is 10.0. The molecule has 0 radical (unpaired) electrons. The Morgan fingerprint density at radius 3 is 2.95 bits per heavy atom. The van der Waals surface area contributed by atoms with E-state index in [0.29, 0.717) is 12.1 Å². The van der Waals surface area contributed by atoms with Crippen LogP contribution in [0.4, 0.5) is 4.39 Å². The molecule has 0 spiro atoms. The first-order valence-corrected chi connectivity index (χ1v) is 6.99. The summed E-state index contributed by atoms with van der Waals surface area (Å²) in [7, 11) is 1.35. The molecule has 1 heterocycles. The molecule has 1 aromatic rings. The number of carbonyl (C=O) groups is 1. The minimum Gasteiger partial charge on any atom is -0.468 e. The van der Waals surface area contributed by atoms with Crippen molar-refractivity contribution >= 4 is 17.6 Å². The largest absolute Gasteiger partial charge is 0.468 e. The summed E-state index contributed by atoms with van der Waals surface area (Å²) < 4.78 is 18.1. The molecule has 110 valence electrons. The van der Waals surface area contributed by atoms with Gasteiger partial charge in [0.1, 0.15) is 11.9 Å². The Balaban J connectivity index is 2.33. The number of halogens is 2. The van der Waals surface area contributed by atoms with Crippen molar-refractivity contribution in [3.63, 3.8) is 0 Å². The van der Waals surface area contributed by atoms with Crippen molar-refractivity contribution < 1.29 is 13.9 Å². The molecule has 0 saturated carbocycles. The van der Waals surface area contributed by atoms with E-state index in [9.17, 15) is 9.18 Å². The molecule has 1 atom stereocenters. The lowest BCUT2D eigenvalue weighted by Crippen LogP contribution is -2.37. The van der Waals surface area contributed by atoms with Crippen molar-refractivity contribution in [1.29, 1.82) is 0 Å². The van der Waals surface area contributed by atoms with Gasteiger partial charge in [-0.3, -0.25) is 4.90 Å². The third-order valence-corrected chi connectivity index (χ3v) is 3.75. The van der Waals surface area contributed by atoms with Crippen LogP contribution in [0.1, 0.15) is 18.0 Å². The van der Waals surface area contributed by atoms with Crippen LogP contribution in [0.2, 0.25) is 5.02 Å². The molecule has 1 fully saturated rings. The average Bonchev–Trinajstić information content (AvgIpc) is 2.70. The molecule has 1 unspecified atom stereocenters. The molecule has 2 rings (SSSR count). The first-order valence-electron chi connectivity index (χ1n) is 6.61. The van der Waals surface area contributed by atoms with Gasteiger partial charge in [-0.1, -0.05) is 17.7 Å². The highest BCUT2D eigenvalue weighted by atomic mass is 35.5. The highest BCUT2D eigenvalue weighted by molar-refractivity contribution is 6.31. The zero-order chi connectivity index (χ0) is 14.5. The number of benzene rings is 1. The monoisotopic (exact) mass is 300 g/mol. The molecule has 6 heteroatoms. The Hall–Kier alpha value is -1.17. The summed E-state index contributed by atoms with van der Waals surface area (Å²) in [5, 5.41) is 3.53. The first-order chi connectivity index (χ1) is 9.63. The number of hydrogen-bond acceptors (Lipinski definition) is 4. The van der Waals surface area contributed by atoms with Gasteiger partial charge in [0.25, 0.3) is 0 Å². The van der Waals surface area contributed by atoms with Crippen LogP contribution in [0.5, 0.6) is 0 Å². The number of esters is 1. The predicted octanol–water partition coefficient (Wildman–Crippen LogP) is 1.99. The van der Waals surface area contributed by atoms with Crippen LogP contribution in [-0.2, 0) is 9.53 Å². The van der Waals surface area contributed by atoms with Crippen LogP contribution >= 0.6 is 11.6 Å². The van der Waals surface area contributed by atoms with E-state index in [0.717, 1.165) is 26.1 Å². The normalized spacial score (nSPS) is 18.4. The molecular formula is C14H18ClFN2O2. The summed E-state index contributed by atoms with van der Waals surface area (Å²) in [6, 6.07) is 3.50. The fourth-order valence-corrected chi connectivity index (χ4v) is 2.70. The van der Waals surface area contributed by atoms with Crippen LogP contribution in [0.3, 0.4) is 0 Å². The summed E-state index contributed by atoms with van der Waals surface area (Å²) in [4.78, 5) is 14.1. The Morgan fingerprint density at radius 1 is 1.45 bits per heavy atom. The maximum atomic E-state index is 13.2. The van der Waals surface area contributed by atoms with Crippen LogP contribution in [0.15, 0.2) is 18.2 Å². The summed E-state index contributed by atoms with van der Waals surface area (Å²) in [5.74, 6) is -0.791. The molecule has 0 aromatic heterocycles. The summed E-state index contributed by atoms with van der Waals surface area (Å²) >= 11 is 6.10. The van der Waals surface area contributed by atoms with Crippen LogP contribution < -0.4 is 5.32 Å². The predicted molar refractivity (Wildman–Crippen MR) is 75.2 cm³/mol. The fraction of sp³-hybridized carbons (Fsp3) is 0.500. The van der Waals surface area contributed by atoms with Crippen molar-refractivity contribution in [1.82, 2.24) is 10.2 Å². The maximum absolute atomic E-state index is 13.2. The summed E-state index contributed by atoms with van der Waals surface area (Å²) in [6.45, 7) is 3.20. The average molecular weight is 301 g/mol. The molecule has 1 aliphatic rings. The standard InChI is InChI=1S/C14H18ClFN2O2/c1-20-14(19)13(18-7-2-5-17-6-8-18)11-4-3-10(16)9-12(11)15/h3-4,9,13,17H,2,5-8H2,1H3. The molecule has 1 N–H and O–H groups in total. The van der Waals surface area contributed by atoms with Gasteiger partial charge in [0, 0.05) is 24.7 Å². The number of rotatable bonds is 3. The zero-order valence-corrected chi connectivity index (χ0v) is 12.1. The third kappa shape index (κ3) is 3.48. The van der Waals surface area contributed by atoms with E-state index in [1.54, 1.807) is 6.07 Å². The smallest absolute Gasteiger partial charge is 0.327 e. The van der Waals surface area contributed by atoms with Crippen molar-refractivity contribution in [3.8, 4) is 0 Å². The molecule has 4 nitrogen and oxygen atoms in total. The van der Waals surface area contributed by atoms with Gasteiger partial charge in [-0.25, -0.2) is 9.18 Å². The number of hydrogen-bond donors (Lipinski definition) is 1. The van der Waals surface area contributed by atoms with E-state index in [-0.39, 0.29) is 11.0 Å². The molecule has 0 amide bonds. The van der Waals surface area contributed by atoms with Crippen molar-refractivity contribution in [2.75, 3.05) is 33.3 Å². The van der Waals surface area contributed by atoms with E-state index in [4.69, 9.17) is 16.3 Å². The number of methoxy groups -OCH3 is 1. The van der Waals surface area contributed by atoms with Crippen molar-refractivity contribution in [3.05, 3.63) is 34.6 Å². The second-order valence-corrected chi connectivity index (χ2v) is 5.14. The van der Waals surface area contributed by atoms with Gasteiger partial charge >= 0.3 is 5.97 Å². The second kappa shape index (κ2) is 7.02. The number of ether oxygens (including phenoxy) is 1. The Labute approximate surface area is 122 Å². The van der Waals surface area contributed by atoms with Gasteiger partial charge < -0.3 is 10.1 Å². The van der Waals surface area contributed by atoms with Gasteiger partial charge in [0.2, 0.25) is 0 Å². The van der Waals surface area contributed by atoms with Gasteiger partial charge in [-0.05, 0) is 30.7 Å². The quantitative estimate of drug-likeness (QED) is 0.867. The minimum atomic E-state index is -0.590. The molecule has 20 heavy (non-hydrogen) atoms. The summed E-state index contributed by atoms with van der Waals surface area (Å²) in [6.07, 6.45) is 0.937. The Bertz CT molecular complexity index is 476. The Morgan fingerprint density at radius 2 is 2.25 bits per heavy atom. The van der Waals surface area contributed by atoms with Crippen LogP contribution in [0.25, 0.3) is 0 Å². The Kier molecular flexibility index (Phi) is 5.34. The van der Waals surface area contributed by atoms with Crippen molar-refractivity contribution in [2.45, 2.75) is 12.5 Å². The van der Waals surface area contributed by atoms with Gasteiger partial charge in [-0.15, -0.1) is 0 Å². The maximum Gasteiger partial charge on any atom is 0.327 e. The van der Waals surface area contributed by atoms with E-state index in [1.807, 2.05) is 4.90 Å². The highest BCUT2D eigenvalue weighted by Gasteiger charge is 2.30. The topological polar surface area (TPSA) is 41.6 Å². The minimum absolute atomic E-state index is 0.248.